The van der Waals surface area contributed by atoms with Crippen molar-refractivity contribution in [2.75, 3.05) is 0 Å². The maximum Gasteiger partial charge on any atom is 0.178 e. The fraction of sp³-hybridized carbons (Fsp3) is 0.385. The van der Waals surface area contributed by atoms with Gasteiger partial charge in [-0.15, -0.1) is 10.2 Å². The van der Waals surface area contributed by atoms with E-state index in [1.165, 1.54) is 28.9 Å². The molecule has 1 heterocycles. The van der Waals surface area contributed by atoms with E-state index in [-0.39, 0.29) is 0 Å². The third-order valence-corrected chi connectivity index (χ3v) is 4.90. The van der Waals surface area contributed by atoms with Gasteiger partial charge in [0.2, 0.25) is 0 Å². The first-order valence-electron chi connectivity index (χ1n) is 6.08. The molecule has 0 spiro atoms. The Labute approximate surface area is 115 Å². The van der Waals surface area contributed by atoms with Crippen LogP contribution in [0.5, 0.6) is 0 Å². The highest BCUT2D eigenvalue weighted by atomic mass is 32.2. The molecule has 1 aromatic heterocycles. The molecule has 18 heavy (non-hydrogen) atoms. The van der Waals surface area contributed by atoms with Crippen LogP contribution in [0.15, 0.2) is 32.9 Å². The topological polar surface area (TPSA) is 37.8 Å². The number of aromatic nitrogens is 2. The van der Waals surface area contributed by atoms with Gasteiger partial charge in [0.1, 0.15) is 5.51 Å². The summed E-state index contributed by atoms with van der Waals surface area (Å²) in [4.78, 5) is 1.27. The summed E-state index contributed by atoms with van der Waals surface area (Å²) in [7, 11) is 0. The van der Waals surface area contributed by atoms with E-state index < -0.39 is 0 Å². The summed E-state index contributed by atoms with van der Waals surface area (Å²) in [5, 5.41) is 11.5. The summed E-state index contributed by atoms with van der Waals surface area (Å²) in [6.45, 7) is 3.14. The second kappa shape index (κ2) is 5.38. The van der Waals surface area contributed by atoms with Crippen molar-refractivity contribution in [1.82, 2.24) is 15.5 Å². The summed E-state index contributed by atoms with van der Waals surface area (Å²) >= 11 is 3.27. The Morgan fingerprint density at radius 3 is 3.00 bits per heavy atom. The fourth-order valence-electron chi connectivity index (χ4n) is 1.79. The van der Waals surface area contributed by atoms with Gasteiger partial charge in [0.05, 0.1) is 0 Å². The molecule has 1 N–H and O–H groups in total. The number of hydrogen-bond donors (Lipinski definition) is 1. The Morgan fingerprint density at radius 2 is 2.33 bits per heavy atom. The molecule has 0 saturated heterocycles. The predicted molar refractivity (Wildman–Crippen MR) is 75.1 cm³/mol. The van der Waals surface area contributed by atoms with Crippen molar-refractivity contribution < 1.29 is 0 Å². The largest absolute Gasteiger partial charge is 0.310 e. The van der Waals surface area contributed by atoms with E-state index in [0.29, 0.717) is 0 Å². The van der Waals surface area contributed by atoms with Gasteiger partial charge in [-0.3, -0.25) is 0 Å². The van der Waals surface area contributed by atoms with Crippen LogP contribution in [0, 0.1) is 6.92 Å². The number of aryl methyl sites for hydroxylation is 1. The van der Waals surface area contributed by atoms with E-state index in [2.05, 4.69) is 40.6 Å². The summed E-state index contributed by atoms with van der Waals surface area (Å²) in [6, 6.07) is 7.41. The molecule has 1 saturated carbocycles. The number of hydrogen-bond acceptors (Lipinski definition) is 5. The summed E-state index contributed by atoms with van der Waals surface area (Å²) in [5.41, 5.74) is 4.44. The lowest BCUT2D eigenvalue weighted by Crippen LogP contribution is -2.15. The maximum absolute atomic E-state index is 4.06. The van der Waals surface area contributed by atoms with Crippen molar-refractivity contribution in [3.63, 3.8) is 0 Å². The second-order valence-corrected chi connectivity index (χ2v) is 6.68. The molecule has 3 rings (SSSR count). The predicted octanol–water partition coefficient (Wildman–Crippen LogP) is 3.25. The van der Waals surface area contributed by atoms with Crippen LogP contribution in [0.1, 0.15) is 24.0 Å². The van der Waals surface area contributed by atoms with Crippen molar-refractivity contribution >= 4 is 23.1 Å². The van der Waals surface area contributed by atoms with Crippen LogP contribution in [-0.2, 0) is 6.54 Å². The molecule has 94 valence electrons. The van der Waals surface area contributed by atoms with Gasteiger partial charge >= 0.3 is 0 Å². The first kappa shape index (κ1) is 12.1. The van der Waals surface area contributed by atoms with Gasteiger partial charge in [-0.1, -0.05) is 35.2 Å². The summed E-state index contributed by atoms with van der Waals surface area (Å²) in [6.07, 6.45) is 2.67. The molecule has 1 fully saturated rings. The van der Waals surface area contributed by atoms with Gasteiger partial charge in [0.15, 0.2) is 4.34 Å². The van der Waals surface area contributed by atoms with Crippen LogP contribution in [0.4, 0.5) is 0 Å². The zero-order valence-corrected chi connectivity index (χ0v) is 11.9. The van der Waals surface area contributed by atoms with E-state index >= 15 is 0 Å². The molecule has 1 aromatic carbocycles. The normalized spacial score (nSPS) is 14.9. The molecule has 1 aliphatic carbocycles. The lowest BCUT2D eigenvalue weighted by molar-refractivity contribution is 0.687. The quantitative estimate of drug-likeness (QED) is 0.910. The minimum atomic E-state index is 0.765. The van der Waals surface area contributed by atoms with E-state index in [9.17, 15) is 0 Å². The third-order valence-electron chi connectivity index (χ3n) is 2.95. The zero-order chi connectivity index (χ0) is 12.4. The first-order valence-corrected chi connectivity index (χ1v) is 7.78. The maximum atomic E-state index is 4.06. The molecule has 5 heteroatoms. The first-order chi connectivity index (χ1) is 8.81. The molecule has 2 aromatic rings. The van der Waals surface area contributed by atoms with Gasteiger partial charge in [-0.2, -0.15) is 0 Å². The Morgan fingerprint density at radius 1 is 1.44 bits per heavy atom. The highest BCUT2D eigenvalue weighted by molar-refractivity contribution is 8.01. The van der Waals surface area contributed by atoms with E-state index in [1.807, 2.05) is 0 Å². The van der Waals surface area contributed by atoms with Crippen molar-refractivity contribution in [2.45, 2.75) is 41.6 Å². The average Bonchev–Trinajstić information content (AvgIpc) is 3.06. The van der Waals surface area contributed by atoms with Crippen LogP contribution in [0.25, 0.3) is 0 Å². The van der Waals surface area contributed by atoms with Crippen molar-refractivity contribution in [3.8, 4) is 0 Å². The molecular weight excluding hydrogens is 262 g/mol. The molecule has 0 aliphatic heterocycles. The molecule has 3 nitrogen and oxygen atoms in total. The van der Waals surface area contributed by atoms with Crippen molar-refractivity contribution in [1.29, 1.82) is 0 Å². The second-order valence-electron chi connectivity index (χ2n) is 4.56. The van der Waals surface area contributed by atoms with Crippen LogP contribution in [0.3, 0.4) is 0 Å². The lowest BCUT2D eigenvalue weighted by Gasteiger charge is -2.07. The summed E-state index contributed by atoms with van der Waals surface area (Å²) in [5.74, 6) is 0. The molecule has 0 amide bonds. The molecule has 0 atom stereocenters. The Kier molecular flexibility index (Phi) is 3.63. The third kappa shape index (κ3) is 3.10. The molecule has 0 unspecified atom stereocenters. The van der Waals surface area contributed by atoms with Gasteiger partial charge in [-0.05, 0) is 37.0 Å². The Balaban J connectivity index is 1.67. The lowest BCUT2D eigenvalue weighted by atomic mass is 10.1. The van der Waals surface area contributed by atoms with Gasteiger partial charge in [-0.25, -0.2) is 0 Å². The SMILES string of the molecule is Cc1cc(CNC2CC2)ccc1Sc1nncs1. The fourth-order valence-corrected chi connectivity index (χ4v) is 3.29. The molecular formula is C13H15N3S2. The van der Waals surface area contributed by atoms with Crippen LogP contribution in [-0.4, -0.2) is 16.2 Å². The molecule has 0 bridgehead atoms. The molecule has 0 radical (unpaired) electrons. The van der Waals surface area contributed by atoms with E-state index in [0.717, 1.165) is 16.9 Å². The highest BCUT2D eigenvalue weighted by Gasteiger charge is 2.19. The Bertz CT molecular complexity index is 521. The minimum absolute atomic E-state index is 0.765. The summed E-state index contributed by atoms with van der Waals surface area (Å²) < 4.78 is 1.00. The van der Waals surface area contributed by atoms with Crippen molar-refractivity contribution in [2.24, 2.45) is 0 Å². The average molecular weight is 277 g/mol. The highest BCUT2D eigenvalue weighted by Crippen LogP contribution is 2.31. The van der Waals surface area contributed by atoms with Gasteiger partial charge in [0.25, 0.3) is 0 Å². The Hall–Kier alpha value is -0.910. The number of nitrogens with zero attached hydrogens (tertiary/aromatic N) is 2. The number of rotatable bonds is 5. The minimum Gasteiger partial charge on any atom is -0.310 e. The molecule has 1 aliphatic rings. The van der Waals surface area contributed by atoms with Crippen LogP contribution >= 0.6 is 23.1 Å². The monoisotopic (exact) mass is 277 g/mol. The van der Waals surface area contributed by atoms with E-state index in [4.69, 9.17) is 0 Å². The van der Waals surface area contributed by atoms with Gasteiger partial charge in [0, 0.05) is 17.5 Å². The van der Waals surface area contributed by atoms with Crippen LogP contribution < -0.4 is 5.32 Å². The van der Waals surface area contributed by atoms with E-state index in [1.54, 1.807) is 28.6 Å². The standard InChI is InChI=1S/C13H15N3S2/c1-9-6-10(7-14-11-3-4-11)2-5-12(9)18-13-16-15-8-17-13/h2,5-6,8,11,14H,3-4,7H2,1H3. The van der Waals surface area contributed by atoms with Gasteiger partial charge < -0.3 is 5.32 Å². The smallest absolute Gasteiger partial charge is 0.178 e. The van der Waals surface area contributed by atoms with Crippen LogP contribution in [0.2, 0.25) is 0 Å². The zero-order valence-electron chi connectivity index (χ0n) is 10.2. The van der Waals surface area contributed by atoms with Crippen molar-refractivity contribution in [3.05, 3.63) is 34.8 Å². The number of benzene rings is 1. The number of nitrogens with one attached hydrogen (secondary N) is 1.